The van der Waals surface area contributed by atoms with E-state index in [1.54, 1.807) is 30.9 Å². The van der Waals surface area contributed by atoms with Crippen LogP contribution in [0, 0.1) is 26.6 Å². The van der Waals surface area contributed by atoms with Gasteiger partial charge in [-0.25, -0.2) is 4.39 Å². The Labute approximate surface area is 187 Å². The third kappa shape index (κ3) is 3.52. The second-order valence-corrected chi connectivity index (χ2v) is 9.30. The van der Waals surface area contributed by atoms with E-state index in [9.17, 15) is 9.18 Å². The van der Waals surface area contributed by atoms with Gasteiger partial charge >= 0.3 is 0 Å². The third-order valence-corrected chi connectivity index (χ3v) is 7.08. The summed E-state index contributed by atoms with van der Waals surface area (Å²) in [7, 11) is 0. The number of aryl methyl sites for hydroxylation is 3. The zero-order valence-corrected chi connectivity index (χ0v) is 18.8. The Hall–Kier alpha value is -2.99. The molecule has 2 aromatic carbocycles. The van der Waals surface area contributed by atoms with Gasteiger partial charge < -0.3 is 9.42 Å². The fraction of sp³-hybridized carbons (Fsp3) is 0.385. The lowest BCUT2D eigenvalue weighted by molar-refractivity contribution is 0.0973. The molecule has 3 heterocycles. The van der Waals surface area contributed by atoms with Crippen molar-refractivity contribution in [3.8, 4) is 0 Å². The zero-order valence-electron chi connectivity index (χ0n) is 18.8. The maximum atomic E-state index is 14.3. The van der Waals surface area contributed by atoms with Crippen molar-refractivity contribution in [1.82, 2.24) is 10.1 Å². The van der Waals surface area contributed by atoms with E-state index in [-0.39, 0.29) is 17.1 Å². The standard InChI is InChI=1S/C26H28FN3O2/c1-17-5-4-6-20(13-17)15-29-11-9-26(10-12-29)16-30(23-8-7-21(27)14-22(23)26)25(31)24-18(2)28-32-19(24)3/h4-8,13-14H,9-12,15-16H2,1-3H3. The fourth-order valence-electron chi connectivity index (χ4n) is 5.38. The Morgan fingerprint density at radius 1 is 1.12 bits per heavy atom. The summed E-state index contributed by atoms with van der Waals surface area (Å²) in [5.74, 6) is 0.148. The summed E-state index contributed by atoms with van der Waals surface area (Å²) < 4.78 is 19.5. The van der Waals surface area contributed by atoms with E-state index in [1.807, 2.05) is 0 Å². The molecule has 2 aliphatic heterocycles. The van der Waals surface area contributed by atoms with Gasteiger partial charge in [0.1, 0.15) is 17.1 Å². The number of piperidine rings is 1. The molecule has 0 atom stereocenters. The van der Waals surface area contributed by atoms with E-state index >= 15 is 0 Å². The van der Waals surface area contributed by atoms with Crippen molar-refractivity contribution in [3.63, 3.8) is 0 Å². The van der Waals surface area contributed by atoms with Crippen LogP contribution in [0.3, 0.4) is 0 Å². The number of carbonyl (C=O) groups excluding carboxylic acids is 1. The predicted octanol–water partition coefficient (Wildman–Crippen LogP) is 4.93. The molecule has 1 aromatic heterocycles. The van der Waals surface area contributed by atoms with E-state index in [1.165, 1.54) is 17.2 Å². The molecule has 0 saturated carbocycles. The molecular weight excluding hydrogens is 405 g/mol. The van der Waals surface area contributed by atoms with Crippen LogP contribution in [0.25, 0.3) is 0 Å². The Morgan fingerprint density at radius 3 is 2.59 bits per heavy atom. The molecular formula is C26H28FN3O2. The highest BCUT2D eigenvalue weighted by Gasteiger charge is 2.47. The number of benzene rings is 2. The van der Waals surface area contributed by atoms with Crippen LogP contribution < -0.4 is 4.90 Å². The second kappa shape index (κ2) is 7.85. The maximum Gasteiger partial charge on any atom is 0.263 e. The van der Waals surface area contributed by atoms with Gasteiger partial charge in [-0.3, -0.25) is 9.69 Å². The van der Waals surface area contributed by atoms with Crippen molar-refractivity contribution in [2.24, 2.45) is 0 Å². The molecule has 6 heteroatoms. The maximum absolute atomic E-state index is 14.3. The average Bonchev–Trinajstić information content (AvgIpc) is 3.26. The summed E-state index contributed by atoms with van der Waals surface area (Å²) in [4.78, 5) is 17.7. The molecule has 32 heavy (non-hydrogen) atoms. The molecule has 0 bridgehead atoms. The van der Waals surface area contributed by atoms with Crippen LogP contribution in [0.1, 0.15) is 51.3 Å². The summed E-state index contributed by atoms with van der Waals surface area (Å²) >= 11 is 0. The van der Waals surface area contributed by atoms with Crippen LogP contribution in [0.5, 0.6) is 0 Å². The van der Waals surface area contributed by atoms with Crippen LogP contribution in [-0.2, 0) is 12.0 Å². The van der Waals surface area contributed by atoms with Crippen molar-refractivity contribution in [2.75, 3.05) is 24.5 Å². The summed E-state index contributed by atoms with van der Waals surface area (Å²) in [5, 5.41) is 3.95. The Bertz CT molecular complexity index is 1160. The number of carbonyl (C=O) groups is 1. The van der Waals surface area contributed by atoms with Crippen LogP contribution in [-0.4, -0.2) is 35.6 Å². The minimum absolute atomic E-state index is 0.117. The van der Waals surface area contributed by atoms with Crippen LogP contribution in [0.2, 0.25) is 0 Å². The predicted molar refractivity (Wildman–Crippen MR) is 121 cm³/mol. The number of aromatic nitrogens is 1. The first kappa shape index (κ1) is 20.9. The van der Waals surface area contributed by atoms with Crippen LogP contribution in [0.15, 0.2) is 47.0 Å². The molecule has 3 aromatic rings. The molecule has 1 amide bonds. The first-order chi connectivity index (χ1) is 15.4. The number of rotatable bonds is 3. The summed E-state index contributed by atoms with van der Waals surface area (Å²) in [5.41, 5.74) is 5.21. The van der Waals surface area contributed by atoms with Gasteiger partial charge in [-0.1, -0.05) is 35.0 Å². The van der Waals surface area contributed by atoms with Crippen LogP contribution >= 0.6 is 0 Å². The number of fused-ring (bicyclic) bond motifs is 2. The van der Waals surface area contributed by atoms with Crippen molar-refractivity contribution >= 4 is 11.6 Å². The number of hydrogen-bond donors (Lipinski definition) is 0. The summed E-state index contributed by atoms with van der Waals surface area (Å²) in [6.07, 6.45) is 1.78. The van der Waals surface area contributed by atoms with Gasteiger partial charge in [-0.2, -0.15) is 0 Å². The fourth-order valence-corrected chi connectivity index (χ4v) is 5.38. The number of likely N-dealkylation sites (tertiary alicyclic amines) is 1. The molecule has 1 fully saturated rings. The molecule has 1 saturated heterocycles. The minimum atomic E-state index is -0.253. The Balaban J connectivity index is 1.41. The summed E-state index contributed by atoms with van der Waals surface area (Å²) in [6, 6.07) is 13.4. The van der Waals surface area contributed by atoms with Gasteiger partial charge in [-0.15, -0.1) is 0 Å². The van der Waals surface area contributed by atoms with Crippen molar-refractivity contribution in [3.05, 3.63) is 82.0 Å². The van der Waals surface area contributed by atoms with Crippen molar-refractivity contribution in [1.29, 1.82) is 0 Å². The van der Waals surface area contributed by atoms with Crippen molar-refractivity contribution < 1.29 is 13.7 Å². The van der Waals surface area contributed by atoms with Gasteiger partial charge in [-0.05, 0) is 76.0 Å². The van der Waals surface area contributed by atoms with E-state index in [2.05, 4.69) is 41.2 Å². The first-order valence-corrected chi connectivity index (χ1v) is 11.2. The monoisotopic (exact) mass is 433 g/mol. The number of anilines is 1. The summed E-state index contributed by atoms with van der Waals surface area (Å²) in [6.45, 7) is 8.96. The number of halogens is 1. The molecule has 166 valence electrons. The number of amides is 1. The highest BCUT2D eigenvalue weighted by molar-refractivity contribution is 6.09. The highest BCUT2D eigenvalue weighted by atomic mass is 19.1. The smallest absolute Gasteiger partial charge is 0.263 e. The van der Waals surface area contributed by atoms with E-state index in [4.69, 9.17) is 4.52 Å². The average molecular weight is 434 g/mol. The van der Waals surface area contributed by atoms with Crippen LogP contribution in [0.4, 0.5) is 10.1 Å². The number of hydrogen-bond acceptors (Lipinski definition) is 4. The highest BCUT2D eigenvalue weighted by Crippen LogP contribution is 2.48. The van der Waals surface area contributed by atoms with Gasteiger partial charge in [0.25, 0.3) is 5.91 Å². The molecule has 1 spiro atoms. The molecule has 5 nitrogen and oxygen atoms in total. The molecule has 0 radical (unpaired) electrons. The van der Waals surface area contributed by atoms with E-state index < -0.39 is 0 Å². The lowest BCUT2D eigenvalue weighted by Gasteiger charge is -2.40. The lowest BCUT2D eigenvalue weighted by atomic mass is 9.74. The minimum Gasteiger partial charge on any atom is -0.361 e. The topological polar surface area (TPSA) is 49.6 Å². The molecule has 2 aliphatic rings. The van der Waals surface area contributed by atoms with Gasteiger partial charge in [0, 0.05) is 24.2 Å². The lowest BCUT2D eigenvalue weighted by Crippen LogP contribution is -2.45. The van der Waals surface area contributed by atoms with E-state index in [0.717, 1.165) is 43.7 Å². The van der Waals surface area contributed by atoms with Gasteiger partial charge in [0.05, 0.1) is 5.69 Å². The normalized spacial score (nSPS) is 17.7. The Kier molecular flexibility index (Phi) is 5.13. The quantitative estimate of drug-likeness (QED) is 0.588. The van der Waals surface area contributed by atoms with Crippen molar-refractivity contribution in [2.45, 2.75) is 45.6 Å². The third-order valence-electron chi connectivity index (χ3n) is 7.08. The van der Waals surface area contributed by atoms with E-state index in [0.29, 0.717) is 23.6 Å². The largest absolute Gasteiger partial charge is 0.361 e. The molecule has 5 rings (SSSR count). The SMILES string of the molecule is Cc1cccc(CN2CCC3(CC2)CN(C(=O)c2c(C)noc2C)c2ccc(F)cc23)c1. The molecule has 0 unspecified atom stereocenters. The number of nitrogens with zero attached hydrogens (tertiary/aromatic N) is 3. The first-order valence-electron chi connectivity index (χ1n) is 11.2. The zero-order chi connectivity index (χ0) is 22.5. The second-order valence-electron chi connectivity index (χ2n) is 9.30. The van der Waals surface area contributed by atoms with Gasteiger partial charge in [0.2, 0.25) is 0 Å². The Morgan fingerprint density at radius 2 is 1.91 bits per heavy atom. The molecule has 0 N–H and O–H groups in total. The molecule has 0 aliphatic carbocycles. The van der Waals surface area contributed by atoms with Gasteiger partial charge in [0.15, 0.2) is 0 Å².